The molecule has 4 aliphatic rings. The molecule has 0 aliphatic carbocycles. The zero-order chi connectivity index (χ0) is 79.5. The average Bonchev–Trinajstić information content (AvgIpc) is 1.65. The summed E-state index contributed by atoms with van der Waals surface area (Å²) in [5.41, 5.74) is 31.3. The first-order valence-electron chi connectivity index (χ1n) is 38.0. The second kappa shape index (κ2) is 44.7. The van der Waals surface area contributed by atoms with Gasteiger partial charge in [-0.2, -0.15) is 18.3 Å². The van der Waals surface area contributed by atoms with Crippen LogP contribution in [-0.2, 0) is 28.2 Å². The number of fused-ring (bicyclic) bond motifs is 12. The first-order valence-corrected chi connectivity index (χ1v) is 42.9. The molecule has 12 heterocycles. The fraction of sp³-hybridized carbons (Fsp3) is 0.348. The largest absolute Gasteiger partial charge is 0.447 e. The number of pyridine rings is 4. The summed E-state index contributed by atoms with van der Waals surface area (Å²) in [4.78, 5) is 11.7. The number of rotatable bonds is 4. The number of anilines is 4. The highest BCUT2D eigenvalue weighted by atomic mass is 32.2. The highest BCUT2D eigenvalue weighted by Gasteiger charge is 2.35. The third kappa shape index (κ3) is 19.6. The monoisotopic (exact) mass is 1680 g/mol. The second-order valence-corrected chi connectivity index (χ2v) is 33.6. The van der Waals surface area contributed by atoms with Gasteiger partial charge in [-0.05, 0) is 153 Å². The van der Waals surface area contributed by atoms with E-state index in [-0.39, 0.29) is 52.5 Å². The van der Waals surface area contributed by atoms with Crippen molar-refractivity contribution in [1.82, 2.24) is 0 Å². The smallest absolute Gasteiger partial charge is 0.215 e. The quantitative estimate of drug-likeness (QED) is 0.0968. The topological polar surface area (TPSA) is 54.8 Å². The number of benzene rings is 4. The first-order chi connectivity index (χ1) is 51.6. The van der Waals surface area contributed by atoms with E-state index in [2.05, 4.69) is 302 Å². The molecular formula is C92H120B4F4N8O2S6+4. The van der Waals surface area contributed by atoms with Crippen LogP contribution in [0.15, 0.2) is 145 Å². The maximum atomic E-state index is 6.08. The molecule has 0 unspecified atom stereocenters. The number of para-hydroxylation sites is 2. The van der Waals surface area contributed by atoms with Crippen LogP contribution in [0.2, 0.25) is 0 Å². The normalized spacial score (nSPS) is 13.5. The first kappa shape index (κ1) is 106. The lowest BCUT2D eigenvalue weighted by Crippen LogP contribution is -2.38. The van der Waals surface area contributed by atoms with Crippen LogP contribution in [-0.4, -0.2) is 61.8 Å². The lowest BCUT2D eigenvalue weighted by atomic mass is 10.0. The predicted molar refractivity (Wildman–Crippen MR) is 510 cm³/mol. The van der Waals surface area contributed by atoms with Crippen LogP contribution < -0.4 is 37.9 Å². The van der Waals surface area contributed by atoms with Gasteiger partial charge in [0.1, 0.15) is 50.0 Å². The zero-order valence-electron chi connectivity index (χ0n) is 74.3. The average molecular weight is 1680 g/mol. The van der Waals surface area contributed by atoms with Crippen LogP contribution >= 0.6 is 69.7 Å². The summed E-state index contributed by atoms with van der Waals surface area (Å²) in [5, 5.41) is 12.4. The summed E-state index contributed by atoms with van der Waals surface area (Å²) < 4.78 is 25.5. The number of furan rings is 2. The number of hydrogen-bond donors (Lipinski definition) is 0. The van der Waals surface area contributed by atoms with Gasteiger partial charge in [0, 0.05) is 189 Å². The molecule has 0 spiro atoms. The lowest BCUT2D eigenvalue weighted by molar-refractivity contribution is -0.680. The van der Waals surface area contributed by atoms with E-state index >= 15 is 0 Å². The van der Waals surface area contributed by atoms with Crippen molar-refractivity contribution in [3.8, 4) is 0 Å². The Morgan fingerprint density at radius 3 is 1.03 bits per heavy atom. The Bertz CT molecular complexity index is 4980. The Kier molecular flexibility index (Phi) is 40.9. The van der Waals surface area contributed by atoms with Gasteiger partial charge in [-0.3, -0.25) is 18.8 Å². The molecule has 4 aromatic carbocycles. The standard InChI is InChI=1S/2C21H23N2OS.2C21H23N2S2.4C2H6.4B.4FH/c1-12-13(2)15(4)22(5)17(14(12)3)11-19-23(6)21-20(25-19)16-9-7-8-10-18(16)24-21;1-12-13(2)15(4)22(5)17(14(12)3)11-19-23(6)20-16-9-7-8-10-18(16)24-21(20)25-19;1-12-13(2)15(4)22(5)17(14(12)3)11-19-23(6)21-20(25-19)16-9-7-8-10-18(16)24-21;1-12-13(2)15(4)22(5)17(14(12)3)11-19-23(6)20-16-9-7-8-10-18(16)24-21(20)25-19;4*1-2;;;;;;;;/h4*7-11H,1-6H3;4*1-2H3;;;;;4*1H/q4*+1;;;;;;;;;;;;. The molecule has 16 rings (SSSR count). The predicted octanol–water partition coefficient (Wildman–Crippen LogP) is 24.3. The molecule has 24 heteroatoms. The van der Waals surface area contributed by atoms with Gasteiger partial charge in [0.15, 0.2) is 27.9 Å². The number of thioether (sulfide) groups is 4. The number of halogens is 4. The van der Waals surface area contributed by atoms with Gasteiger partial charge in [-0.15, -0.1) is 22.7 Å². The molecular weight excluding hydrogens is 1560 g/mol. The minimum atomic E-state index is 0. The van der Waals surface area contributed by atoms with Crippen molar-refractivity contribution in [2.24, 2.45) is 28.2 Å². The summed E-state index contributed by atoms with van der Waals surface area (Å²) in [6, 6.07) is 33.9. The van der Waals surface area contributed by atoms with Crippen molar-refractivity contribution in [2.75, 3.05) is 47.8 Å². The highest BCUT2D eigenvalue weighted by Crippen LogP contribution is 2.57. The summed E-state index contributed by atoms with van der Waals surface area (Å²) in [6.45, 7) is 51.4. The Balaban J connectivity index is 0.000000734. The van der Waals surface area contributed by atoms with E-state index < -0.39 is 0 Å². The lowest BCUT2D eigenvalue weighted by Gasteiger charge is -2.15. The van der Waals surface area contributed by atoms with Gasteiger partial charge in [-0.1, -0.05) is 151 Å². The van der Waals surface area contributed by atoms with Gasteiger partial charge in [0.2, 0.25) is 28.7 Å². The molecule has 12 radical (unpaired) electrons. The number of aromatic nitrogens is 4. The Labute approximate surface area is 723 Å². The van der Waals surface area contributed by atoms with E-state index in [0.29, 0.717) is 0 Å². The number of hydrogen-bond acceptors (Lipinski definition) is 12. The highest BCUT2D eigenvalue weighted by molar-refractivity contribution is 8.06. The molecule has 116 heavy (non-hydrogen) atoms. The minimum Gasteiger partial charge on any atom is -0.447 e. The van der Waals surface area contributed by atoms with Gasteiger partial charge >= 0.3 is 0 Å². The molecule has 8 aromatic heterocycles. The Hall–Kier alpha value is -7.98. The van der Waals surface area contributed by atoms with Crippen LogP contribution in [0.5, 0.6) is 0 Å². The van der Waals surface area contributed by atoms with E-state index in [1.165, 1.54) is 194 Å². The van der Waals surface area contributed by atoms with E-state index in [0.717, 1.165) is 22.1 Å². The van der Waals surface area contributed by atoms with Crippen molar-refractivity contribution >= 4 is 192 Å². The van der Waals surface area contributed by atoms with Gasteiger partial charge in [0.05, 0.1) is 39.8 Å². The van der Waals surface area contributed by atoms with Crippen molar-refractivity contribution in [1.29, 1.82) is 0 Å². The van der Waals surface area contributed by atoms with Gasteiger partial charge in [-0.25, -0.2) is 0 Å². The molecule has 0 bridgehead atoms. The van der Waals surface area contributed by atoms with Crippen LogP contribution in [0.3, 0.4) is 0 Å². The van der Waals surface area contributed by atoms with Crippen molar-refractivity contribution in [3.63, 3.8) is 0 Å². The van der Waals surface area contributed by atoms with Crippen LogP contribution in [0.25, 0.3) is 66.4 Å². The Morgan fingerprint density at radius 1 is 0.302 bits per heavy atom. The van der Waals surface area contributed by atoms with Gasteiger partial charge < -0.3 is 28.4 Å². The molecule has 0 N–H and O–H groups in total. The molecule has 4 aliphatic heterocycles. The third-order valence-electron chi connectivity index (χ3n) is 22.3. The van der Waals surface area contributed by atoms with Crippen molar-refractivity contribution in [2.45, 2.75) is 185 Å². The molecule has 0 fully saturated rings. The minimum absolute atomic E-state index is 0. The van der Waals surface area contributed by atoms with Crippen molar-refractivity contribution in [3.05, 3.63) is 229 Å². The summed E-state index contributed by atoms with van der Waals surface area (Å²) >= 11 is 11.1. The maximum absolute atomic E-state index is 6.08. The zero-order valence-corrected chi connectivity index (χ0v) is 79.2. The molecule has 10 nitrogen and oxygen atoms in total. The molecule has 0 amide bonds. The van der Waals surface area contributed by atoms with E-state index in [9.17, 15) is 0 Å². The van der Waals surface area contributed by atoms with Crippen LogP contribution in [0.1, 0.15) is 168 Å². The Morgan fingerprint density at radius 2 is 0.612 bits per heavy atom. The van der Waals surface area contributed by atoms with E-state index in [1.54, 1.807) is 23.5 Å². The molecule has 0 saturated heterocycles. The third-order valence-corrected chi connectivity index (χ3v) is 29.5. The van der Waals surface area contributed by atoms with E-state index in [1.807, 2.05) is 126 Å². The SMILES string of the molecule is CC.CC.CC.CC.Cc1c(C)c(C)[n+](C)c(C=C2Sc3c(oc4ccccc34)N2C)c1C.Cc1c(C)c(C)[n+](C)c(C=C2Sc3c(sc4ccccc34)N2C)c1C.Cc1c(C)c(C)[n+](C)c(C=C2Sc3oc4ccccc4c3N2C)c1C.Cc1c(C)c(C)[n+](C)c(C=C2Sc3sc4ccccc4c3N2C)c1C.F.F.F.F.[B].[B].[B].[B]. The molecule has 0 atom stereocenters. The summed E-state index contributed by atoms with van der Waals surface area (Å²) in [6.07, 6.45) is 9.26. The fourth-order valence-corrected chi connectivity index (χ4v) is 21.4. The van der Waals surface area contributed by atoms with Crippen LogP contribution in [0.4, 0.5) is 41.1 Å². The van der Waals surface area contributed by atoms with Crippen LogP contribution in [0, 0.1) is 111 Å². The van der Waals surface area contributed by atoms with Gasteiger partial charge in [0.25, 0.3) is 0 Å². The van der Waals surface area contributed by atoms with Crippen molar-refractivity contribution < 1.29 is 45.9 Å². The fourth-order valence-electron chi connectivity index (χ4n) is 14.0. The summed E-state index contributed by atoms with van der Waals surface area (Å²) in [5.74, 6) is 0.943. The number of thiophene rings is 2. The molecule has 612 valence electrons. The molecule has 12 aromatic rings. The van der Waals surface area contributed by atoms with E-state index in [4.69, 9.17) is 8.83 Å². The second-order valence-electron chi connectivity index (χ2n) is 27.1. The molecule has 0 saturated carbocycles. The maximum Gasteiger partial charge on any atom is 0.215 e. The summed E-state index contributed by atoms with van der Waals surface area (Å²) in [7, 11) is 17.2. The number of nitrogens with zero attached hydrogens (tertiary/aromatic N) is 8.